The van der Waals surface area contributed by atoms with E-state index >= 15 is 0 Å². The molecule has 0 unspecified atom stereocenters. The second-order valence-electron chi connectivity index (χ2n) is 11.2. The lowest BCUT2D eigenvalue weighted by atomic mass is 9.86. The number of nitrogens with one attached hydrogen (secondary N) is 2. The van der Waals surface area contributed by atoms with Crippen molar-refractivity contribution in [3.8, 4) is 0 Å². The normalized spacial score (nSPS) is 22.3. The monoisotopic (exact) mass is 550 g/mol. The van der Waals surface area contributed by atoms with Gasteiger partial charge in [-0.25, -0.2) is 8.42 Å². The van der Waals surface area contributed by atoms with Crippen LogP contribution in [0.4, 0.5) is 0 Å². The number of hydrogen-bond donors (Lipinski definition) is 2. The van der Waals surface area contributed by atoms with Gasteiger partial charge in [-0.05, 0) is 86.9 Å². The molecule has 208 valence electrons. The van der Waals surface area contributed by atoms with Gasteiger partial charge in [0.15, 0.2) is 0 Å². The summed E-state index contributed by atoms with van der Waals surface area (Å²) < 4.78 is 27.7. The first-order valence-electron chi connectivity index (χ1n) is 13.9. The van der Waals surface area contributed by atoms with Gasteiger partial charge in [0, 0.05) is 18.9 Å². The van der Waals surface area contributed by atoms with Crippen molar-refractivity contribution < 1.29 is 18.0 Å². The van der Waals surface area contributed by atoms with Crippen molar-refractivity contribution in [2.75, 3.05) is 13.1 Å². The van der Waals surface area contributed by atoms with Crippen LogP contribution >= 0.6 is 0 Å². The van der Waals surface area contributed by atoms with Crippen LogP contribution in [0.25, 0.3) is 0 Å². The molecule has 1 saturated heterocycles. The van der Waals surface area contributed by atoms with Gasteiger partial charge in [-0.2, -0.15) is 0 Å². The fourth-order valence-electron chi connectivity index (χ4n) is 5.79. The zero-order valence-electron chi connectivity index (χ0n) is 22.7. The van der Waals surface area contributed by atoms with Crippen LogP contribution in [-0.4, -0.2) is 48.6 Å². The molecule has 0 spiro atoms. The number of aryl methyl sites for hydroxylation is 2. The minimum Gasteiger partial charge on any atom is -0.349 e. The Kier molecular flexibility index (Phi) is 8.09. The molecule has 3 aliphatic rings. The number of carbonyl (C=O) groups is 2. The number of piperidine rings is 1. The van der Waals surface area contributed by atoms with Gasteiger partial charge in [0.2, 0.25) is 11.8 Å². The maximum Gasteiger partial charge on any atom is 0.264 e. The van der Waals surface area contributed by atoms with Crippen molar-refractivity contribution >= 4 is 21.8 Å². The van der Waals surface area contributed by atoms with E-state index in [1.165, 1.54) is 48.5 Å². The fraction of sp³-hybridized carbons (Fsp3) is 0.467. The first kappa shape index (κ1) is 27.4. The summed E-state index contributed by atoms with van der Waals surface area (Å²) in [6.07, 6.45) is 7.59. The molecule has 2 aromatic carbocycles. The average molecular weight is 551 g/mol. The van der Waals surface area contributed by atoms with E-state index in [2.05, 4.69) is 40.7 Å². The first-order chi connectivity index (χ1) is 18.7. The zero-order chi connectivity index (χ0) is 27.6. The Hall–Kier alpha value is -3.17. The molecule has 9 heteroatoms. The lowest BCUT2D eigenvalue weighted by Gasteiger charge is -2.32. The van der Waals surface area contributed by atoms with Gasteiger partial charge in [-0.15, -0.1) is 0 Å². The molecule has 8 nitrogen and oxygen atoms in total. The van der Waals surface area contributed by atoms with Crippen LogP contribution in [-0.2, 0) is 32.6 Å². The van der Waals surface area contributed by atoms with E-state index < -0.39 is 22.0 Å². The lowest BCUT2D eigenvalue weighted by molar-refractivity contribution is -0.129. The van der Waals surface area contributed by atoms with Gasteiger partial charge < -0.3 is 10.6 Å². The number of carbonyl (C=O) groups excluding carboxylic acids is 2. The van der Waals surface area contributed by atoms with E-state index in [1.807, 2.05) is 6.92 Å². The van der Waals surface area contributed by atoms with Crippen LogP contribution in [0.1, 0.15) is 67.3 Å². The minimum absolute atomic E-state index is 0.0777. The molecular weight excluding hydrogens is 512 g/mol. The molecule has 39 heavy (non-hydrogen) atoms. The van der Waals surface area contributed by atoms with Crippen LogP contribution in [0, 0.1) is 12.8 Å². The molecule has 1 fully saturated rings. The molecule has 2 heterocycles. The van der Waals surface area contributed by atoms with Crippen LogP contribution in [0.2, 0.25) is 0 Å². The summed E-state index contributed by atoms with van der Waals surface area (Å²) in [5, 5.41) is 5.64. The Morgan fingerprint density at radius 1 is 1.08 bits per heavy atom. The van der Waals surface area contributed by atoms with E-state index in [0.717, 1.165) is 60.2 Å². The van der Waals surface area contributed by atoms with E-state index in [9.17, 15) is 18.0 Å². The molecule has 2 aliphatic heterocycles. The maximum absolute atomic E-state index is 13.3. The number of benzene rings is 2. The SMILES string of the molecule is Cc1ccc(S(=O)(=O)N2C=CNC(=O)[C@H]2CC(=O)N[C@@H]2CCCc3cc(CN4CCC(C)CC4)ccc32)cc1. The van der Waals surface area contributed by atoms with Gasteiger partial charge in [-0.1, -0.05) is 42.8 Å². The quantitative estimate of drug-likeness (QED) is 0.547. The largest absolute Gasteiger partial charge is 0.349 e. The van der Waals surface area contributed by atoms with E-state index in [4.69, 9.17) is 0 Å². The minimum atomic E-state index is -4.01. The summed E-state index contributed by atoms with van der Waals surface area (Å²) in [6.45, 7) is 7.42. The molecule has 2 amide bonds. The highest BCUT2D eigenvalue weighted by molar-refractivity contribution is 7.89. The average Bonchev–Trinajstić information content (AvgIpc) is 2.91. The highest BCUT2D eigenvalue weighted by Crippen LogP contribution is 2.32. The smallest absolute Gasteiger partial charge is 0.264 e. The summed E-state index contributed by atoms with van der Waals surface area (Å²) in [5.74, 6) is -0.0669. The van der Waals surface area contributed by atoms with Crippen molar-refractivity contribution in [1.82, 2.24) is 19.8 Å². The topological polar surface area (TPSA) is 98.8 Å². The van der Waals surface area contributed by atoms with Crippen molar-refractivity contribution in [2.45, 2.75) is 75.9 Å². The predicted octanol–water partition coefficient (Wildman–Crippen LogP) is 3.77. The third kappa shape index (κ3) is 6.20. The van der Waals surface area contributed by atoms with Crippen molar-refractivity contribution in [3.05, 3.63) is 77.1 Å². The second kappa shape index (κ2) is 11.5. The van der Waals surface area contributed by atoms with E-state index in [1.54, 1.807) is 12.1 Å². The summed E-state index contributed by atoms with van der Waals surface area (Å²) in [5.41, 5.74) is 4.61. The number of hydrogen-bond acceptors (Lipinski definition) is 5. The molecule has 0 aromatic heterocycles. The number of rotatable bonds is 7. The van der Waals surface area contributed by atoms with Gasteiger partial charge in [0.1, 0.15) is 6.04 Å². The molecule has 5 rings (SSSR count). The lowest BCUT2D eigenvalue weighted by Crippen LogP contribution is -2.51. The molecule has 0 radical (unpaired) electrons. The summed E-state index contributed by atoms with van der Waals surface area (Å²) >= 11 is 0. The van der Waals surface area contributed by atoms with E-state index in [-0.39, 0.29) is 23.3 Å². The van der Waals surface area contributed by atoms with Crippen LogP contribution in [0.3, 0.4) is 0 Å². The fourth-order valence-corrected chi connectivity index (χ4v) is 7.24. The molecule has 1 aliphatic carbocycles. The van der Waals surface area contributed by atoms with Crippen LogP contribution in [0.5, 0.6) is 0 Å². The zero-order valence-corrected chi connectivity index (χ0v) is 23.5. The van der Waals surface area contributed by atoms with Crippen molar-refractivity contribution in [1.29, 1.82) is 0 Å². The second-order valence-corrected chi connectivity index (χ2v) is 13.0. The summed E-state index contributed by atoms with van der Waals surface area (Å²) in [7, 11) is -4.01. The van der Waals surface area contributed by atoms with E-state index in [0.29, 0.717) is 0 Å². The molecule has 0 bridgehead atoms. The highest BCUT2D eigenvalue weighted by Gasteiger charge is 2.37. The Morgan fingerprint density at radius 3 is 2.56 bits per heavy atom. The molecule has 2 atom stereocenters. The Labute approximate surface area is 231 Å². The number of nitrogens with zero attached hydrogens (tertiary/aromatic N) is 2. The highest BCUT2D eigenvalue weighted by atomic mass is 32.2. The van der Waals surface area contributed by atoms with Gasteiger partial charge in [0.25, 0.3) is 10.0 Å². The molecule has 2 N–H and O–H groups in total. The molecule has 2 aromatic rings. The third-order valence-electron chi connectivity index (χ3n) is 8.17. The molecular formula is C30H38N4O4S. The van der Waals surface area contributed by atoms with Crippen molar-refractivity contribution in [2.24, 2.45) is 5.92 Å². The van der Waals surface area contributed by atoms with Gasteiger partial charge in [0.05, 0.1) is 17.4 Å². The number of likely N-dealkylation sites (tertiary alicyclic amines) is 1. The Bertz CT molecular complexity index is 1350. The standard InChI is InChI=1S/C30H38N4O4S/c1-21-6-9-25(10-7-21)39(37,38)34-17-14-31-30(36)28(34)19-29(35)32-27-5-3-4-24-18-23(8-11-26(24)27)20-33-15-12-22(2)13-16-33/h6-11,14,17-18,22,27-28H,3-5,12-13,15-16,19-20H2,1-2H3,(H,31,36)(H,32,35)/t27-,28-/m1/s1. The third-order valence-corrected chi connectivity index (χ3v) is 9.97. The number of sulfonamides is 1. The molecule has 0 saturated carbocycles. The summed E-state index contributed by atoms with van der Waals surface area (Å²) in [4.78, 5) is 28.5. The Balaban J connectivity index is 1.27. The van der Waals surface area contributed by atoms with Crippen LogP contribution in [0.15, 0.2) is 59.8 Å². The number of fused-ring (bicyclic) bond motifs is 1. The summed E-state index contributed by atoms with van der Waals surface area (Å²) in [6, 6.07) is 11.7. The maximum atomic E-state index is 13.3. The first-order valence-corrected chi connectivity index (χ1v) is 15.4. The van der Waals surface area contributed by atoms with Crippen LogP contribution < -0.4 is 10.6 Å². The van der Waals surface area contributed by atoms with Gasteiger partial charge in [-0.3, -0.25) is 18.8 Å². The van der Waals surface area contributed by atoms with Gasteiger partial charge >= 0.3 is 0 Å². The van der Waals surface area contributed by atoms with Crippen molar-refractivity contribution in [3.63, 3.8) is 0 Å². The Morgan fingerprint density at radius 2 is 1.82 bits per heavy atom. The predicted molar refractivity (Wildman–Crippen MR) is 150 cm³/mol. The number of amides is 2.